The zero-order valence-corrected chi connectivity index (χ0v) is 15.2. The minimum atomic E-state index is 0.0543. The smallest absolute Gasteiger partial charge is 0.253 e. The Labute approximate surface area is 150 Å². The molecule has 2 N–H and O–H groups in total. The van der Waals surface area contributed by atoms with Gasteiger partial charge in [0, 0.05) is 17.6 Å². The van der Waals surface area contributed by atoms with Gasteiger partial charge in [-0.25, -0.2) is 0 Å². The summed E-state index contributed by atoms with van der Waals surface area (Å²) in [6.45, 7) is 6.61. The Bertz CT molecular complexity index is 758. The molecule has 134 valence electrons. The number of nitrogens with one attached hydrogen (secondary N) is 2. The minimum Gasteiger partial charge on any atom is -0.358 e. The van der Waals surface area contributed by atoms with Crippen LogP contribution in [0.5, 0.6) is 0 Å². The first-order valence-electron chi connectivity index (χ1n) is 9.85. The fourth-order valence-electron chi connectivity index (χ4n) is 4.41. The highest BCUT2D eigenvalue weighted by atomic mass is 16.1. The fraction of sp³-hybridized carbons (Fsp3) is 0.571. The molecule has 25 heavy (non-hydrogen) atoms. The largest absolute Gasteiger partial charge is 0.358 e. The summed E-state index contributed by atoms with van der Waals surface area (Å²) in [5, 5.41) is 4.36. The number of carbonyl (C=O) groups excluding carboxylic acids is 1. The number of para-hydroxylation sites is 1. The molecular formula is C21H29N3O. The first-order valence-corrected chi connectivity index (χ1v) is 9.85. The third-order valence-electron chi connectivity index (χ3n) is 5.85. The maximum Gasteiger partial charge on any atom is 0.253 e. The van der Waals surface area contributed by atoms with E-state index in [2.05, 4.69) is 28.2 Å². The van der Waals surface area contributed by atoms with E-state index in [1.807, 2.05) is 12.1 Å². The highest BCUT2D eigenvalue weighted by molar-refractivity contribution is 6.06. The number of aromatic amines is 1. The van der Waals surface area contributed by atoms with Crippen molar-refractivity contribution in [2.45, 2.75) is 45.4 Å². The highest BCUT2D eigenvalue weighted by Gasteiger charge is 2.22. The van der Waals surface area contributed by atoms with Gasteiger partial charge < -0.3 is 15.2 Å². The molecule has 2 aliphatic rings. The summed E-state index contributed by atoms with van der Waals surface area (Å²) in [4.78, 5) is 18.7. The van der Waals surface area contributed by atoms with Crippen LogP contribution in [-0.2, 0) is 12.8 Å². The second-order valence-corrected chi connectivity index (χ2v) is 7.82. The van der Waals surface area contributed by atoms with Crippen molar-refractivity contribution in [3.05, 3.63) is 35.0 Å². The Morgan fingerprint density at radius 3 is 3.00 bits per heavy atom. The molecule has 2 aromatic rings. The molecule has 1 atom stereocenters. The molecule has 4 rings (SSSR count). The SMILES string of the molecule is CC1CCc2[nH]c3c(C(=O)NCCCN4CCCC4)cccc3c2C1. The maximum absolute atomic E-state index is 12.7. The number of carbonyl (C=O) groups is 1. The van der Waals surface area contributed by atoms with Crippen LogP contribution in [0.15, 0.2) is 18.2 Å². The van der Waals surface area contributed by atoms with Crippen LogP contribution in [-0.4, -0.2) is 42.0 Å². The zero-order chi connectivity index (χ0) is 17.2. The maximum atomic E-state index is 12.7. The van der Waals surface area contributed by atoms with Gasteiger partial charge in [-0.05, 0) is 75.7 Å². The summed E-state index contributed by atoms with van der Waals surface area (Å²) in [6, 6.07) is 6.13. The summed E-state index contributed by atoms with van der Waals surface area (Å²) >= 11 is 0. The van der Waals surface area contributed by atoms with Crippen LogP contribution in [0, 0.1) is 5.92 Å². The summed E-state index contributed by atoms with van der Waals surface area (Å²) in [7, 11) is 0. The average Bonchev–Trinajstić information content (AvgIpc) is 3.25. The van der Waals surface area contributed by atoms with Crippen molar-refractivity contribution >= 4 is 16.8 Å². The first kappa shape index (κ1) is 16.6. The van der Waals surface area contributed by atoms with E-state index in [9.17, 15) is 4.79 Å². The molecule has 1 aromatic carbocycles. The van der Waals surface area contributed by atoms with Crippen molar-refractivity contribution in [1.29, 1.82) is 0 Å². The fourth-order valence-corrected chi connectivity index (χ4v) is 4.41. The third kappa shape index (κ3) is 3.45. The molecule has 1 unspecified atom stereocenters. The van der Waals surface area contributed by atoms with Crippen LogP contribution in [0.2, 0.25) is 0 Å². The molecular weight excluding hydrogens is 310 g/mol. The van der Waals surface area contributed by atoms with Crippen molar-refractivity contribution in [2.75, 3.05) is 26.2 Å². The molecule has 1 amide bonds. The van der Waals surface area contributed by atoms with Crippen LogP contribution in [0.3, 0.4) is 0 Å². The first-order chi connectivity index (χ1) is 12.2. The molecule has 1 aliphatic heterocycles. The lowest BCUT2D eigenvalue weighted by Crippen LogP contribution is -2.28. The number of aryl methyl sites for hydroxylation is 1. The van der Waals surface area contributed by atoms with E-state index in [4.69, 9.17) is 0 Å². The van der Waals surface area contributed by atoms with E-state index >= 15 is 0 Å². The molecule has 4 heteroatoms. The number of amides is 1. The number of rotatable bonds is 5. The van der Waals surface area contributed by atoms with E-state index < -0.39 is 0 Å². The van der Waals surface area contributed by atoms with Crippen molar-refractivity contribution in [3.63, 3.8) is 0 Å². The predicted molar refractivity (Wildman–Crippen MR) is 102 cm³/mol. The number of benzene rings is 1. The molecule has 0 saturated carbocycles. The number of H-pyrrole nitrogens is 1. The van der Waals surface area contributed by atoms with E-state index in [1.54, 1.807) is 0 Å². The Balaban J connectivity index is 1.44. The van der Waals surface area contributed by atoms with E-state index in [0.29, 0.717) is 0 Å². The Hall–Kier alpha value is -1.81. The van der Waals surface area contributed by atoms with Crippen LogP contribution < -0.4 is 5.32 Å². The van der Waals surface area contributed by atoms with Gasteiger partial charge in [-0.3, -0.25) is 4.79 Å². The number of hydrogen-bond acceptors (Lipinski definition) is 2. The van der Waals surface area contributed by atoms with Crippen molar-refractivity contribution in [1.82, 2.24) is 15.2 Å². The van der Waals surface area contributed by atoms with Crippen molar-refractivity contribution < 1.29 is 4.79 Å². The standard InChI is InChI=1S/C21H29N3O/c1-15-8-9-19-18(14-15)16-6-4-7-17(20(16)23-19)21(25)22-10-5-13-24-11-2-3-12-24/h4,6-7,15,23H,2-3,5,8-14H2,1H3,(H,22,25). The van der Waals surface area contributed by atoms with Gasteiger partial charge in [0.15, 0.2) is 0 Å². The second kappa shape index (κ2) is 7.20. The number of aromatic nitrogens is 1. The summed E-state index contributed by atoms with van der Waals surface area (Å²) in [5.41, 5.74) is 4.58. The second-order valence-electron chi connectivity index (χ2n) is 7.82. The normalized spacial score (nSPS) is 20.8. The molecule has 0 bridgehead atoms. The van der Waals surface area contributed by atoms with Gasteiger partial charge in [-0.1, -0.05) is 19.1 Å². The van der Waals surface area contributed by atoms with Gasteiger partial charge >= 0.3 is 0 Å². The van der Waals surface area contributed by atoms with E-state index in [-0.39, 0.29) is 5.91 Å². The van der Waals surface area contributed by atoms with Crippen LogP contribution in [0.4, 0.5) is 0 Å². The van der Waals surface area contributed by atoms with Gasteiger partial charge in [-0.2, -0.15) is 0 Å². The lowest BCUT2D eigenvalue weighted by Gasteiger charge is -2.17. The minimum absolute atomic E-state index is 0.0543. The zero-order valence-electron chi connectivity index (χ0n) is 15.2. The van der Waals surface area contributed by atoms with Crippen LogP contribution in [0.25, 0.3) is 10.9 Å². The number of nitrogens with zero attached hydrogens (tertiary/aromatic N) is 1. The molecule has 1 fully saturated rings. The Kier molecular flexibility index (Phi) is 4.80. The van der Waals surface area contributed by atoms with Crippen LogP contribution in [0.1, 0.15) is 54.2 Å². The van der Waals surface area contributed by atoms with Crippen molar-refractivity contribution in [2.24, 2.45) is 5.92 Å². The quantitative estimate of drug-likeness (QED) is 0.819. The average molecular weight is 339 g/mol. The number of fused-ring (bicyclic) bond motifs is 3. The summed E-state index contributed by atoms with van der Waals surface area (Å²) in [5.74, 6) is 0.785. The monoisotopic (exact) mass is 339 g/mol. The van der Waals surface area contributed by atoms with Gasteiger partial charge in [0.05, 0.1) is 11.1 Å². The van der Waals surface area contributed by atoms with E-state index in [0.717, 1.165) is 49.4 Å². The molecule has 0 radical (unpaired) electrons. The lowest BCUT2D eigenvalue weighted by molar-refractivity contribution is 0.0953. The molecule has 2 heterocycles. The highest BCUT2D eigenvalue weighted by Crippen LogP contribution is 2.32. The molecule has 1 saturated heterocycles. The summed E-state index contributed by atoms with van der Waals surface area (Å²) in [6.07, 6.45) is 7.13. The molecule has 1 aromatic heterocycles. The predicted octanol–water partition coefficient (Wildman–Crippen LogP) is 3.51. The topological polar surface area (TPSA) is 48.1 Å². The van der Waals surface area contributed by atoms with E-state index in [1.165, 1.54) is 49.0 Å². The number of hydrogen-bond donors (Lipinski definition) is 2. The lowest BCUT2D eigenvalue weighted by atomic mass is 9.87. The third-order valence-corrected chi connectivity index (χ3v) is 5.85. The Morgan fingerprint density at radius 1 is 1.32 bits per heavy atom. The van der Waals surface area contributed by atoms with Crippen LogP contribution >= 0.6 is 0 Å². The summed E-state index contributed by atoms with van der Waals surface area (Å²) < 4.78 is 0. The van der Waals surface area contributed by atoms with Gasteiger partial charge in [0.25, 0.3) is 5.91 Å². The molecule has 0 spiro atoms. The van der Waals surface area contributed by atoms with Gasteiger partial charge in [-0.15, -0.1) is 0 Å². The molecule has 1 aliphatic carbocycles. The molecule has 4 nitrogen and oxygen atoms in total. The Morgan fingerprint density at radius 2 is 2.16 bits per heavy atom. The van der Waals surface area contributed by atoms with Crippen molar-refractivity contribution in [3.8, 4) is 0 Å². The van der Waals surface area contributed by atoms with Gasteiger partial charge in [0.1, 0.15) is 0 Å². The number of likely N-dealkylation sites (tertiary alicyclic amines) is 1. The van der Waals surface area contributed by atoms with Gasteiger partial charge in [0.2, 0.25) is 0 Å².